The average molecular weight is 425 g/mol. The predicted octanol–water partition coefficient (Wildman–Crippen LogP) is 0.470. The second-order valence-corrected chi connectivity index (χ2v) is 8.52. The van der Waals surface area contributed by atoms with Crippen LogP contribution in [0.2, 0.25) is 0 Å². The number of rotatable bonds is 7. The van der Waals surface area contributed by atoms with E-state index in [4.69, 9.17) is 10.6 Å². The number of nitrogens with one attached hydrogen (secondary N) is 1. The number of fused-ring (bicyclic) bond motifs is 1. The van der Waals surface area contributed by atoms with Crippen LogP contribution in [0.3, 0.4) is 0 Å². The Kier molecular flexibility index (Phi) is 5.89. The molecule has 4 N–H and O–H groups in total. The average Bonchev–Trinajstić information content (AvgIpc) is 3.07. The van der Waals surface area contributed by atoms with Gasteiger partial charge in [-0.2, -0.15) is 0 Å². The number of nitrogens with zero attached hydrogens (tertiary/aromatic N) is 3. The summed E-state index contributed by atoms with van der Waals surface area (Å²) in [6, 6.07) is -0.855. The van der Waals surface area contributed by atoms with E-state index in [0.717, 1.165) is 11.3 Å². The number of nitrogens with two attached hydrogens (primary N) is 1. The number of amides is 2. The van der Waals surface area contributed by atoms with Gasteiger partial charge in [-0.05, 0) is 12.0 Å². The maximum Gasteiger partial charge on any atom is 0.352 e. The highest BCUT2D eigenvalue weighted by atomic mass is 32.2. The van der Waals surface area contributed by atoms with Crippen molar-refractivity contribution in [2.75, 3.05) is 18.1 Å². The summed E-state index contributed by atoms with van der Waals surface area (Å²) >= 11 is 2.52. The van der Waals surface area contributed by atoms with Crippen LogP contribution in [0.25, 0.3) is 0 Å². The molecule has 10 nitrogen and oxygen atoms in total. The molecular formula is C16H19N5O5S2. The minimum Gasteiger partial charge on any atom is -0.477 e. The number of carbonyl (C=O) groups is 3. The number of carboxylic acid groups (broad SMARTS) is 1. The molecule has 0 saturated carbocycles. The van der Waals surface area contributed by atoms with Crippen LogP contribution in [0.4, 0.5) is 5.13 Å². The molecule has 2 aliphatic rings. The molecule has 2 amide bonds. The number of aliphatic carboxylic acids is 1. The Morgan fingerprint density at radius 1 is 1.54 bits per heavy atom. The Hall–Kier alpha value is -2.60. The number of nitrogen functional groups attached to an aromatic ring is 1. The van der Waals surface area contributed by atoms with Gasteiger partial charge in [-0.15, -0.1) is 23.1 Å². The Labute approximate surface area is 168 Å². The topological polar surface area (TPSA) is 147 Å². The Morgan fingerprint density at radius 2 is 2.29 bits per heavy atom. The zero-order chi connectivity index (χ0) is 20.4. The fraction of sp³-hybridized carbons (Fsp3) is 0.438. The number of hydrogen-bond donors (Lipinski definition) is 3. The van der Waals surface area contributed by atoms with E-state index in [1.54, 1.807) is 5.38 Å². The number of carbonyl (C=O) groups excluding carboxylic acids is 2. The van der Waals surface area contributed by atoms with Crippen LogP contribution in [0.1, 0.15) is 19.5 Å². The second kappa shape index (κ2) is 8.19. The van der Waals surface area contributed by atoms with Gasteiger partial charge in [0.05, 0.1) is 0 Å². The number of thiazole rings is 1. The lowest BCUT2D eigenvalue weighted by molar-refractivity contribution is -0.150. The third-order valence-electron chi connectivity index (χ3n) is 3.90. The van der Waals surface area contributed by atoms with Gasteiger partial charge < -0.3 is 21.0 Å². The van der Waals surface area contributed by atoms with Crippen molar-refractivity contribution in [1.29, 1.82) is 0 Å². The Bertz CT molecular complexity index is 865. The molecule has 2 aliphatic heterocycles. The van der Waals surface area contributed by atoms with E-state index in [1.165, 1.54) is 22.7 Å². The van der Waals surface area contributed by atoms with Gasteiger partial charge in [0, 0.05) is 11.1 Å². The molecule has 0 aromatic carbocycles. The molecule has 1 unspecified atom stereocenters. The molecule has 1 aromatic rings. The van der Waals surface area contributed by atoms with Crippen molar-refractivity contribution < 1.29 is 24.3 Å². The molecule has 3 heterocycles. The third kappa shape index (κ3) is 3.97. The first-order chi connectivity index (χ1) is 13.3. The smallest absolute Gasteiger partial charge is 0.352 e. The van der Waals surface area contributed by atoms with Crippen LogP contribution < -0.4 is 11.1 Å². The third-order valence-corrected chi connectivity index (χ3v) is 5.75. The first kappa shape index (κ1) is 20.1. The Morgan fingerprint density at radius 3 is 2.89 bits per heavy atom. The van der Waals surface area contributed by atoms with Gasteiger partial charge in [-0.1, -0.05) is 19.0 Å². The van der Waals surface area contributed by atoms with Crippen LogP contribution in [-0.4, -0.2) is 62.3 Å². The van der Waals surface area contributed by atoms with E-state index in [0.29, 0.717) is 12.4 Å². The van der Waals surface area contributed by atoms with Crippen LogP contribution in [0, 0.1) is 5.92 Å². The van der Waals surface area contributed by atoms with E-state index in [-0.39, 0.29) is 28.2 Å². The molecule has 3 rings (SSSR count). The number of hydrogen-bond acceptors (Lipinski definition) is 9. The van der Waals surface area contributed by atoms with Crippen molar-refractivity contribution in [1.82, 2.24) is 15.2 Å². The molecular weight excluding hydrogens is 406 g/mol. The van der Waals surface area contributed by atoms with E-state index in [1.807, 2.05) is 13.8 Å². The minimum atomic E-state index is -1.18. The highest BCUT2D eigenvalue weighted by Crippen LogP contribution is 2.37. The number of carboxylic acids is 1. The monoisotopic (exact) mass is 425 g/mol. The summed E-state index contributed by atoms with van der Waals surface area (Å²) in [6.07, 6.45) is 1.48. The van der Waals surface area contributed by atoms with Crippen molar-refractivity contribution in [2.24, 2.45) is 11.1 Å². The zero-order valence-electron chi connectivity index (χ0n) is 15.1. The van der Waals surface area contributed by atoms with Gasteiger partial charge in [0.1, 0.15) is 29.4 Å². The number of aromatic nitrogens is 1. The molecule has 0 radical (unpaired) electrons. The SMILES string of the molecule is CC(C)CON=C(C(=O)NC1C(=O)N2C(C(=O)O)=CCS[C@@H]12)c1csc(N)n1. The maximum absolute atomic E-state index is 12.8. The molecule has 1 aromatic heterocycles. The van der Waals surface area contributed by atoms with Crippen LogP contribution in [0.5, 0.6) is 0 Å². The van der Waals surface area contributed by atoms with Gasteiger partial charge in [-0.25, -0.2) is 9.78 Å². The van der Waals surface area contributed by atoms with Gasteiger partial charge in [-0.3, -0.25) is 14.5 Å². The van der Waals surface area contributed by atoms with Crippen molar-refractivity contribution in [3.05, 3.63) is 22.8 Å². The predicted molar refractivity (Wildman–Crippen MR) is 105 cm³/mol. The van der Waals surface area contributed by atoms with Crippen molar-refractivity contribution in [3.8, 4) is 0 Å². The normalized spacial score (nSPS) is 21.7. The van der Waals surface area contributed by atoms with Gasteiger partial charge in [0.25, 0.3) is 11.8 Å². The summed E-state index contributed by atoms with van der Waals surface area (Å²) in [6.45, 7) is 4.18. The summed E-state index contributed by atoms with van der Waals surface area (Å²) in [7, 11) is 0. The van der Waals surface area contributed by atoms with Crippen LogP contribution in [0.15, 0.2) is 22.3 Å². The summed E-state index contributed by atoms with van der Waals surface area (Å²) in [4.78, 5) is 46.9. The zero-order valence-corrected chi connectivity index (χ0v) is 16.7. The highest BCUT2D eigenvalue weighted by Gasteiger charge is 2.53. The number of thioether (sulfide) groups is 1. The van der Waals surface area contributed by atoms with Crippen LogP contribution in [-0.2, 0) is 19.2 Å². The van der Waals surface area contributed by atoms with Crippen molar-refractivity contribution in [2.45, 2.75) is 25.3 Å². The van der Waals surface area contributed by atoms with E-state index >= 15 is 0 Å². The number of anilines is 1. The maximum atomic E-state index is 12.8. The first-order valence-corrected chi connectivity index (χ1v) is 10.3. The lowest BCUT2D eigenvalue weighted by Gasteiger charge is -2.48. The van der Waals surface area contributed by atoms with Gasteiger partial charge in [0.15, 0.2) is 10.8 Å². The molecule has 1 saturated heterocycles. The highest BCUT2D eigenvalue weighted by molar-refractivity contribution is 8.00. The molecule has 2 atom stereocenters. The quantitative estimate of drug-likeness (QED) is 0.324. The largest absolute Gasteiger partial charge is 0.477 e. The fourth-order valence-corrected chi connectivity index (χ4v) is 4.34. The van der Waals surface area contributed by atoms with E-state index in [9.17, 15) is 19.5 Å². The van der Waals surface area contributed by atoms with Gasteiger partial charge >= 0.3 is 5.97 Å². The number of oxime groups is 1. The standard InChI is InChI=1S/C16H19N5O5S2/c1-7(2)5-26-20-10(8-6-28-16(17)18-8)12(22)19-11-13(23)21-9(15(24)25)3-4-27-14(11)21/h3,6-7,11,14H,4-5H2,1-2H3,(H2,17,18)(H,19,22)(H,24,25)/t11?,14-/m0/s1. The molecule has 1 fully saturated rings. The van der Waals surface area contributed by atoms with Crippen molar-refractivity contribution >= 4 is 51.7 Å². The van der Waals surface area contributed by atoms with Crippen LogP contribution >= 0.6 is 23.1 Å². The molecule has 0 bridgehead atoms. The molecule has 150 valence electrons. The number of β-lactam (4-membered cyclic amide) rings is 1. The summed E-state index contributed by atoms with van der Waals surface area (Å²) in [5, 5.41) is 17.1. The van der Waals surface area contributed by atoms with Gasteiger partial charge in [0.2, 0.25) is 0 Å². The van der Waals surface area contributed by atoms with Crippen molar-refractivity contribution in [3.63, 3.8) is 0 Å². The first-order valence-electron chi connectivity index (χ1n) is 8.40. The fourth-order valence-electron chi connectivity index (χ4n) is 2.60. The summed E-state index contributed by atoms with van der Waals surface area (Å²) in [5.74, 6) is -1.66. The Balaban J connectivity index is 1.75. The summed E-state index contributed by atoms with van der Waals surface area (Å²) in [5.41, 5.74) is 5.73. The minimum absolute atomic E-state index is 0.0688. The molecule has 0 spiro atoms. The molecule has 28 heavy (non-hydrogen) atoms. The summed E-state index contributed by atoms with van der Waals surface area (Å²) < 4.78 is 0. The van der Waals surface area contributed by atoms with E-state index in [2.05, 4.69) is 15.5 Å². The van der Waals surface area contributed by atoms with E-state index < -0.39 is 29.2 Å². The lowest BCUT2D eigenvalue weighted by Crippen LogP contribution is -2.70. The lowest BCUT2D eigenvalue weighted by atomic mass is 10.0. The molecule has 12 heteroatoms. The second-order valence-electron chi connectivity index (χ2n) is 6.48. The molecule has 0 aliphatic carbocycles.